The van der Waals surface area contributed by atoms with Crippen LogP contribution < -0.4 is 5.73 Å². The van der Waals surface area contributed by atoms with E-state index in [2.05, 4.69) is 26.0 Å². The fourth-order valence-corrected chi connectivity index (χ4v) is 2.02. The predicted octanol–water partition coefficient (Wildman–Crippen LogP) is 2.67. The second kappa shape index (κ2) is 4.58. The maximum atomic E-state index is 5.95. The fraction of sp³-hybridized carbons (Fsp3) is 0.333. The molecule has 0 aliphatic carbocycles. The first-order valence-corrected chi connectivity index (χ1v) is 6.24. The van der Waals surface area contributed by atoms with E-state index < -0.39 is 0 Å². The summed E-state index contributed by atoms with van der Waals surface area (Å²) < 4.78 is 2.84. The van der Waals surface area contributed by atoms with Crippen molar-refractivity contribution in [1.82, 2.24) is 14.8 Å². The summed E-state index contributed by atoms with van der Waals surface area (Å²) in [6.07, 6.45) is 1.76. The molecular formula is C12H15BrN4. The first-order valence-electron chi connectivity index (χ1n) is 5.45. The standard InChI is InChI=1S/C12H15BrN4/c1-7(14)10-5-4-6-15-12(10)17-9(3)11(13)8(2)16-17/h4-7H,14H2,1-3H3/t7-/m1/s1. The minimum Gasteiger partial charge on any atom is -0.324 e. The second-order valence-corrected chi connectivity index (χ2v) is 4.89. The van der Waals surface area contributed by atoms with Crippen LogP contribution in [0, 0.1) is 13.8 Å². The number of pyridine rings is 1. The van der Waals surface area contributed by atoms with Gasteiger partial charge in [0.15, 0.2) is 5.82 Å². The van der Waals surface area contributed by atoms with Crippen molar-refractivity contribution in [2.45, 2.75) is 26.8 Å². The van der Waals surface area contributed by atoms with Gasteiger partial charge in [-0.2, -0.15) is 5.10 Å². The zero-order valence-electron chi connectivity index (χ0n) is 10.1. The summed E-state index contributed by atoms with van der Waals surface area (Å²) >= 11 is 3.52. The molecule has 17 heavy (non-hydrogen) atoms. The third kappa shape index (κ3) is 2.12. The van der Waals surface area contributed by atoms with Gasteiger partial charge in [0, 0.05) is 17.8 Å². The van der Waals surface area contributed by atoms with Crippen LogP contribution in [0.4, 0.5) is 0 Å². The molecule has 2 aromatic heterocycles. The topological polar surface area (TPSA) is 56.7 Å². The monoisotopic (exact) mass is 294 g/mol. The van der Waals surface area contributed by atoms with E-state index in [1.807, 2.05) is 37.6 Å². The smallest absolute Gasteiger partial charge is 0.158 e. The van der Waals surface area contributed by atoms with Gasteiger partial charge in [0.2, 0.25) is 0 Å². The van der Waals surface area contributed by atoms with Crippen molar-refractivity contribution in [3.05, 3.63) is 39.8 Å². The van der Waals surface area contributed by atoms with Crippen molar-refractivity contribution in [3.8, 4) is 5.82 Å². The van der Waals surface area contributed by atoms with Crippen LogP contribution in [-0.4, -0.2) is 14.8 Å². The first-order chi connectivity index (χ1) is 8.02. The van der Waals surface area contributed by atoms with Crippen molar-refractivity contribution in [3.63, 3.8) is 0 Å². The largest absolute Gasteiger partial charge is 0.324 e. The van der Waals surface area contributed by atoms with Gasteiger partial charge in [0.05, 0.1) is 15.9 Å². The number of aromatic nitrogens is 3. The Morgan fingerprint density at radius 3 is 2.65 bits per heavy atom. The van der Waals surface area contributed by atoms with Crippen LogP contribution in [0.3, 0.4) is 0 Å². The molecule has 0 amide bonds. The van der Waals surface area contributed by atoms with E-state index in [1.54, 1.807) is 6.20 Å². The van der Waals surface area contributed by atoms with Gasteiger partial charge in [-0.25, -0.2) is 9.67 Å². The molecule has 0 saturated carbocycles. The highest BCUT2D eigenvalue weighted by Gasteiger charge is 2.15. The molecule has 0 bridgehead atoms. The zero-order valence-corrected chi connectivity index (χ0v) is 11.7. The molecule has 1 atom stereocenters. The number of halogens is 1. The van der Waals surface area contributed by atoms with Crippen molar-refractivity contribution in [2.75, 3.05) is 0 Å². The number of aryl methyl sites for hydroxylation is 1. The van der Waals surface area contributed by atoms with Gasteiger partial charge < -0.3 is 5.73 Å². The van der Waals surface area contributed by atoms with Crippen LogP contribution in [0.2, 0.25) is 0 Å². The molecule has 90 valence electrons. The molecule has 0 aliphatic heterocycles. The van der Waals surface area contributed by atoms with E-state index in [0.29, 0.717) is 0 Å². The normalized spacial score (nSPS) is 12.8. The average molecular weight is 295 g/mol. The summed E-state index contributed by atoms with van der Waals surface area (Å²) in [5.41, 5.74) is 8.92. The Labute approximate surface area is 109 Å². The number of nitrogens with zero attached hydrogens (tertiary/aromatic N) is 3. The lowest BCUT2D eigenvalue weighted by Gasteiger charge is -2.12. The van der Waals surface area contributed by atoms with Gasteiger partial charge in [-0.1, -0.05) is 6.07 Å². The van der Waals surface area contributed by atoms with E-state index in [9.17, 15) is 0 Å². The summed E-state index contributed by atoms with van der Waals surface area (Å²) in [7, 11) is 0. The Balaban J connectivity index is 2.64. The molecule has 0 saturated heterocycles. The summed E-state index contributed by atoms with van der Waals surface area (Å²) in [5, 5.41) is 4.47. The maximum absolute atomic E-state index is 5.95. The predicted molar refractivity (Wildman–Crippen MR) is 71.1 cm³/mol. The first kappa shape index (κ1) is 12.3. The molecule has 2 rings (SSSR count). The van der Waals surface area contributed by atoms with Crippen LogP contribution in [0.15, 0.2) is 22.8 Å². The molecule has 0 aliphatic rings. The van der Waals surface area contributed by atoms with Crippen molar-refractivity contribution in [1.29, 1.82) is 0 Å². The lowest BCUT2D eigenvalue weighted by atomic mass is 10.1. The van der Waals surface area contributed by atoms with Crippen LogP contribution in [0.1, 0.15) is 29.9 Å². The highest BCUT2D eigenvalue weighted by atomic mass is 79.9. The van der Waals surface area contributed by atoms with Gasteiger partial charge in [-0.3, -0.25) is 0 Å². The summed E-state index contributed by atoms with van der Waals surface area (Å²) in [4.78, 5) is 4.39. The lowest BCUT2D eigenvalue weighted by Crippen LogP contribution is -2.12. The van der Waals surface area contributed by atoms with Crippen LogP contribution >= 0.6 is 15.9 Å². The number of nitrogens with two attached hydrogens (primary N) is 1. The van der Waals surface area contributed by atoms with Crippen molar-refractivity contribution in [2.24, 2.45) is 5.73 Å². The Hall–Kier alpha value is -1.20. The molecule has 0 radical (unpaired) electrons. The summed E-state index contributed by atoms with van der Waals surface area (Å²) in [6, 6.07) is 3.81. The number of rotatable bonds is 2. The van der Waals surface area contributed by atoms with E-state index in [0.717, 1.165) is 27.2 Å². The maximum Gasteiger partial charge on any atom is 0.158 e. The lowest BCUT2D eigenvalue weighted by molar-refractivity contribution is 0.745. The Morgan fingerprint density at radius 2 is 2.12 bits per heavy atom. The summed E-state index contributed by atoms with van der Waals surface area (Å²) in [5.74, 6) is 0.800. The summed E-state index contributed by atoms with van der Waals surface area (Å²) in [6.45, 7) is 5.91. The van der Waals surface area contributed by atoms with E-state index in [-0.39, 0.29) is 6.04 Å². The van der Waals surface area contributed by atoms with Gasteiger partial charge in [-0.05, 0) is 42.8 Å². The van der Waals surface area contributed by atoms with Crippen molar-refractivity contribution >= 4 is 15.9 Å². The molecule has 5 heteroatoms. The van der Waals surface area contributed by atoms with E-state index >= 15 is 0 Å². The Kier molecular flexibility index (Phi) is 3.31. The minimum atomic E-state index is -0.0682. The molecule has 2 aromatic rings. The third-order valence-corrected chi connectivity index (χ3v) is 3.86. The Morgan fingerprint density at radius 1 is 1.41 bits per heavy atom. The zero-order chi connectivity index (χ0) is 12.6. The van der Waals surface area contributed by atoms with Gasteiger partial charge in [0.25, 0.3) is 0 Å². The van der Waals surface area contributed by atoms with Crippen molar-refractivity contribution < 1.29 is 0 Å². The minimum absolute atomic E-state index is 0.0682. The Bertz CT molecular complexity index is 545. The van der Waals surface area contributed by atoms with Gasteiger partial charge in [-0.15, -0.1) is 0 Å². The SMILES string of the molecule is Cc1nn(-c2ncccc2[C@@H](C)N)c(C)c1Br. The highest BCUT2D eigenvalue weighted by Crippen LogP contribution is 2.25. The van der Waals surface area contributed by atoms with Crippen LogP contribution in [0.5, 0.6) is 0 Å². The van der Waals surface area contributed by atoms with Gasteiger partial charge >= 0.3 is 0 Å². The second-order valence-electron chi connectivity index (χ2n) is 4.10. The molecule has 2 N–H and O–H groups in total. The number of hydrogen-bond donors (Lipinski definition) is 1. The average Bonchev–Trinajstić information content (AvgIpc) is 2.57. The van der Waals surface area contributed by atoms with E-state index in [1.165, 1.54) is 0 Å². The molecule has 0 spiro atoms. The quantitative estimate of drug-likeness (QED) is 0.926. The molecule has 2 heterocycles. The highest BCUT2D eigenvalue weighted by molar-refractivity contribution is 9.10. The van der Waals surface area contributed by atoms with Crippen LogP contribution in [-0.2, 0) is 0 Å². The molecular weight excluding hydrogens is 280 g/mol. The third-order valence-electron chi connectivity index (χ3n) is 2.71. The van der Waals surface area contributed by atoms with E-state index in [4.69, 9.17) is 5.73 Å². The van der Waals surface area contributed by atoms with Crippen LogP contribution in [0.25, 0.3) is 5.82 Å². The molecule has 0 fully saturated rings. The van der Waals surface area contributed by atoms with Gasteiger partial charge in [0.1, 0.15) is 0 Å². The fourth-order valence-electron chi connectivity index (χ4n) is 1.77. The molecule has 0 aromatic carbocycles. The molecule has 0 unspecified atom stereocenters. The molecule has 4 nitrogen and oxygen atoms in total. The number of hydrogen-bond acceptors (Lipinski definition) is 3.